The lowest BCUT2D eigenvalue weighted by Crippen LogP contribution is -2.11. The quantitative estimate of drug-likeness (QED) is 0.134. The van der Waals surface area contributed by atoms with E-state index in [-0.39, 0.29) is 17.0 Å². The Hall–Kier alpha value is -2.84. The van der Waals surface area contributed by atoms with Gasteiger partial charge in [0.25, 0.3) is 0 Å². The summed E-state index contributed by atoms with van der Waals surface area (Å²) in [5, 5.41) is 4.20. The fraction of sp³-hybridized carbons (Fsp3) is 0.133. The number of fused-ring (bicyclic) bond motifs is 2. The molecule has 0 bridgehead atoms. The van der Waals surface area contributed by atoms with Crippen LogP contribution in [0.4, 0.5) is 26.3 Å². The van der Waals surface area contributed by atoms with E-state index in [4.69, 9.17) is 0 Å². The molecule has 194 valence electrons. The van der Waals surface area contributed by atoms with Crippen LogP contribution in [0.1, 0.15) is 22.3 Å². The van der Waals surface area contributed by atoms with Crippen LogP contribution in [0, 0.1) is 0 Å². The molecule has 0 saturated carbocycles. The van der Waals surface area contributed by atoms with Gasteiger partial charge in [0, 0.05) is 10.7 Å². The van der Waals surface area contributed by atoms with E-state index >= 15 is 0 Å². The Labute approximate surface area is 231 Å². The summed E-state index contributed by atoms with van der Waals surface area (Å²) in [7, 11) is 0. The Morgan fingerprint density at radius 1 is 0.553 bits per heavy atom. The first-order chi connectivity index (χ1) is 18.0. The van der Waals surface area contributed by atoms with Crippen molar-refractivity contribution in [1.29, 1.82) is 0 Å². The first-order valence-electron chi connectivity index (χ1n) is 11.5. The Kier molecular flexibility index (Phi) is 7.07. The van der Waals surface area contributed by atoms with E-state index in [0.717, 1.165) is 45.0 Å². The molecule has 0 spiro atoms. The van der Waals surface area contributed by atoms with Crippen LogP contribution in [-0.4, -0.2) is 0 Å². The third-order valence-electron chi connectivity index (χ3n) is 6.60. The maximum Gasteiger partial charge on any atom is 0.416 e. The lowest BCUT2D eigenvalue weighted by atomic mass is 9.84. The number of halogens is 8. The van der Waals surface area contributed by atoms with Gasteiger partial charge in [-0.3, -0.25) is 0 Å². The average Bonchev–Trinajstić information content (AvgIpc) is 2.90. The average molecular weight is 652 g/mol. The summed E-state index contributed by atoms with van der Waals surface area (Å²) in [4.78, 5) is 0. The second-order valence-corrected chi connectivity index (χ2v) is 10.0. The molecule has 0 nitrogen and oxygen atoms in total. The predicted molar refractivity (Wildman–Crippen MR) is 148 cm³/mol. The molecule has 5 rings (SSSR count). The fourth-order valence-electron chi connectivity index (χ4n) is 4.91. The summed E-state index contributed by atoms with van der Waals surface area (Å²) < 4.78 is 82.3. The minimum Gasteiger partial charge on any atom is -0.166 e. The van der Waals surface area contributed by atoms with Crippen LogP contribution in [0.25, 0.3) is 43.8 Å². The number of rotatable bonds is 4. The Morgan fingerprint density at radius 2 is 1.11 bits per heavy atom. The first-order valence-corrected chi connectivity index (χ1v) is 13.7. The van der Waals surface area contributed by atoms with Crippen LogP contribution < -0.4 is 0 Å². The standard InChI is InChI=1S/C30H18Br2F6/c31-15-19-10-9-17-5-1-3-7-23(17)27(19)28-24-8-4-2-6-18(24)13-25(26(28)16-32)20-11-21(29(33,34)35)14-22(12-20)30(36,37)38/h1-14H,15-16H2. The van der Waals surface area contributed by atoms with Crippen molar-refractivity contribution in [3.05, 3.63) is 107 Å². The zero-order chi connectivity index (χ0) is 27.2. The van der Waals surface area contributed by atoms with Gasteiger partial charge in [0.1, 0.15) is 0 Å². The van der Waals surface area contributed by atoms with Gasteiger partial charge in [-0.05, 0) is 79.2 Å². The molecule has 0 atom stereocenters. The molecule has 0 amide bonds. The van der Waals surface area contributed by atoms with Crippen molar-refractivity contribution >= 4 is 53.4 Å². The minimum atomic E-state index is -4.94. The highest BCUT2D eigenvalue weighted by Gasteiger charge is 2.37. The molecular formula is C30H18Br2F6. The predicted octanol–water partition coefficient (Wildman–Crippen LogP) is 11.2. The van der Waals surface area contributed by atoms with E-state index in [1.165, 1.54) is 0 Å². The highest BCUT2D eigenvalue weighted by Crippen LogP contribution is 2.46. The van der Waals surface area contributed by atoms with Crippen LogP contribution >= 0.6 is 31.9 Å². The van der Waals surface area contributed by atoms with Gasteiger partial charge in [-0.2, -0.15) is 26.3 Å². The van der Waals surface area contributed by atoms with Gasteiger partial charge in [0.2, 0.25) is 0 Å². The summed E-state index contributed by atoms with van der Waals surface area (Å²) in [6, 6.07) is 22.6. The molecule has 5 aromatic carbocycles. The van der Waals surface area contributed by atoms with E-state index in [1.807, 2.05) is 54.6 Å². The number of alkyl halides is 8. The molecule has 0 N–H and O–H groups in total. The van der Waals surface area contributed by atoms with Crippen molar-refractivity contribution in [2.24, 2.45) is 0 Å². The maximum absolute atomic E-state index is 13.7. The monoisotopic (exact) mass is 650 g/mol. The molecule has 0 unspecified atom stereocenters. The summed E-state index contributed by atoms with van der Waals surface area (Å²) >= 11 is 7.08. The molecular weight excluding hydrogens is 634 g/mol. The van der Waals surface area contributed by atoms with E-state index < -0.39 is 23.5 Å². The lowest BCUT2D eigenvalue weighted by molar-refractivity contribution is -0.143. The fourth-order valence-corrected chi connectivity index (χ4v) is 5.96. The van der Waals surface area contributed by atoms with Crippen LogP contribution in [0.15, 0.2) is 84.9 Å². The molecule has 5 aromatic rings. The largest absolute Gasteiger partial charge is 0.416 e. The summed E-state index contributed by atoms with van der Waals surface area (Å²) in [6.07, 6.45) is -9.88. The number of hydrogen-bond donors (Lipinski definition) is 0. The molecule has 0 aliphatic carbocycles. The topological polar surface area (TPSA) is 0 Å². The van der Waals surface area contributed by atoms with Gasteiger partial charge < -0.3 is 0 Å². The summed E-state index contributed by atoms with van der Waals surface area (Å²) in [5.74, 6) is 0. The van der Waals surface area contributed by atoms with Crippen molar-refractivity contribution in [3.63, 3.8) is 0 Å². The van der Waals surface area contributed by atoms with E-state index in [9.17, 15) is 26.3 Å². The van der Waals surface area contributed by atoms with Crippen molar-refractivity contribution in [1.82, 2.24) is 0 Å². The van der Waals surface area contributed by atoms with Gasteiger partial charge in [-0.15, -0.1) is 0 Å². The van der Waals surface area contributed by atoms with E-state index in [0.29, 0.717) is 21.8 Å². The lowest BCUT2D eigenvalue weighted by Gasteiger charge is -2.22. The van der Waals surface area contributed by atoms with Gasteiger partial charge >= 0.3 is 12.4 Å². The van der Waals surface area contributed by atoms with Crippen LogP contribution in [0.5, 0.6) is 0 Å². The first kappa shape index (κ1) is 26.8. The third kappa shape index (κ3) is 4.84. The van der Waals surface area contributed by atoms with Gasteiger partial charge in [0.15, 0.2) is 0 Å². The van der Waals surface area contributed by atoms with Crippen LogP contribution in [-0.2, 0) is 23.0 Å². The van der Waals surface area contributed by atoms with Crippen molar-refractivity contribution in [2.45, 2.75) is 23.0 Å². The van der Waals surface area contributed by atoms with Crippen LogP contribution in [0.2, 0.25) is 0 Å². The van der Waals surface area contributed by atoms with Crippen molar-refractivity contribution in [3.8, 4) is 22.3 Å². The molecule has 0 saturated heterocycles. The Morgan fingerprint density at radius 3 is 1.66 bits per heavy atom. The van der Waals surface area contributed by atoms with Crippen molar-refractivity contribution < 1.29 is 26.3 Å². The maximum atomic E-state index is 13.7. The minimum absolute atomic E-state index is 0.144. The second kappa shape index (κ2) is 10.0. The highest BCUT2D eigenvalue weighted by atomic mass is 79.9. The number of benzene rings is 5. The van der Waals surface area contributed by atoms with Gasteiger partial charge in [-0.25, -0.2) is 0 Å². The van der Waals surface area contributed by atoms with E-state index in [1.54, 1.807) is 12.1 Å². The SMILES string of the molecule is FC(F)(F)c1cc(-c2cc3ccccc3c(-c3c(CBr)ccc4ccccc34)c2CBr)cc(C(F)(F)F)c1. The zero-order valence-corrected chi connectivity index (χ0v) is 22.7. The normalized spacial score (nSPS) is 12.4. The molecule has 0 aliphatic heterocycles. The Bertz CT molecular complexity index is 1640. The molecule has 38 heavy (non-hydrogen) atoms. The molecule has 0 fully saturated rings. The van der Waals surface area contributed by atoms with Gasteiger partial charge in [-0.1, -0.05) is 92.5 Å². The van der Waals surface area contributed by atoms with E-state index in [2.05, 4.69) is 31.9 Å². The second-order valence-electron chi connectivity index (χ2n) is 8.88. The van der Waals surface area contributed by atoms with Crippen LogP contribution in [0.3, 0.4) is 0 Å². The van der Waals surface area contributed by atoms with Crippen molar-refractivity contribution in [2.75, 3.05) is 0 Å². The summed E-state index contributed by atoms with van der Waals surface area (Å²) in [6.45, 7) is 0. The molecule has 8 heteroatoms. The highest BCUT2D eigenvalue weighted by molar-refractivity contribution is 9.08. The zero-order valence-electron chi connectivity index (χ0n) is 19.5. The smallest absolute Gasteiger partial charge is 0.166 e. The molecule has 0 radical (unpaired) electrons. The Balaban J connectivity index is 1.95. The number of hydrogen-bond acceptors (Lipinski definition) is 0. The molecule has 0 aliphatic rings. The summed E-state index contributed by atoms with van der Waals surface area (Å²) in [5.41, 5.74) is 0.688. The molecule has 0 aromatic heterocycles. The third-order valence-corrected chi connectivity index (χ3v) is 7.76. The molecule has 0 heterocycles. The van der Waals surface area contributed by atoms with Gasteiger partial charge in [0.05, 0.1) is 11.1 Å².